The average molecular weight is 248 g/mol. The van der Waals surface area contributed by atoms with Crippen molar-refractivity contribution in [3.8, 4) is 0 Å². The molecule has 6 heteroatoms. The number of hydrogen-bond acceptors (Lipinski definition) is 6. The van der Waals surface area contributed by atoms with Crippen LogP contribution < -0.4 is 10.2 Å². The summed E-state index contributed by atoms with van der Waals surface area (Å²) in [7, 11) is 1.34. The van der Waals surface area contributed by atoms with Crippen LogP contribution in [0.15, 0.2) is 12.1 Å². The highest BCUT2D eigenvalue weighted by atomic mass is 16.5. The van der Waals surface area contributed by atoms with Crippen LogP contribution in [0.1, 0.15) is 10.5 Å². The lowest BCUT2D eigenvalue weighted by Gasteiger charge is -2.17. The summed E-state index contributed by atoms with van der Waals surface area (Å²) in [6, 6.07) is 3.51. The predicted octanol–water partition coefficient (Wildman–Crippen LogP) is -0.0812. The van der Waals surface area contributed by atoms with Gasteiger partial charge >= 0.3 is 5.97 Å². The van der Waals surface area contributed by atoms with Crippen LogP contribution in [-0.2, 0) is 4.74 Å². The van der Waals surface area contributed by atoms with Crippen LogP contribution in [-0.4, -0.2) is 49.5 Å². The number of carbonyl (C=O) groups is 1. The smallest absolute Gasteiger partial charge is 0.358 e. The molecule has 2 unspecified atom stereocenters. The molecular weight excluding hydrogens is 232 g/mol. The van der Waals surface area contributed by atoms with Gasteiger partial charge in [-0.3, -0.25) is 0 Å². The molecule has 0 saturated carbocycles. The summed E-state index contributed by atoms with van der Waals surface area (Å²) < 4.78 is 4.60. The van der Waals surface area contributed by atoms with Gasteiger partial charge in [0.1, 0.15) is 0 Å². The van der Waals surface area contributed by atoms with Crippen molar-refractivity contribution < 1.29 is 9.53 Å². The van der Waals surface area contributed by atoms with Crippen molar-refractivity contribution in [2.45, 2.75) is 0 Å². The highest BCUT2D eigenvalue weighted by Crippen LogP contribution is 2.29. The van der Waals surface area contributed by atoms with E-state index < -0.39 is 5.97 Å². The number of carbonyl (C=O) groups excluding carboxylic acids is 1. The Kier molecular flexibility index (Phi) is 2.87. The van der Waals surface area contributed by atoms with Crippen LogP contribution in [0.4, 0.5) is 5.82 Å². The minimum atomic E-state index is -0.448. The fourth-order valence-electron chi connectivity index (χ4n) is 2.75. The normalized spacial score (nSPS) is 26.2. The number of anilines is 1. The Bertz CT molecular complexity index is 436. The van der Waals surface area contributed by atoms with Crippen molar-refractivity contribution in [3.63, 3.8) is 0 Å². The van der Waals surface area contributed by atoms with E-state index in [1.54, 1.807) is 6.07 Å². The molecule has 2 saturated heterocycles. The van der Waals surface area contributed by atoms with Gasteiger partial charge in [0.05, 0.1) is 7.11 Å². The number of hydrogen-bond donors (Lipinski definition) is 1. The molecule has 0 aromatic carbocycles. The topological polar surface area (TPSA) is 67.3 Å². The SMILES string of the molecule is COC(=O)c1ccc(N2CC3CNCC3C2)nn1. The third kappa shape index (κ3) is 1.92. The number of ether oxygens (including phenoxy) is 1. The standard InChI is InChI=1S/C12H16N4O2/c1-18-12(17)10-2-3-11(15-14-10)16-6-8-4-13-5-9(8)7-16/h2-3,8-9,13H,4-7H2,1H3. The molecule has 1 aromatic heterocycles. The molecule has 0 aliphatic carbocycles. The second-order valence-electron chi connectivity index (χ2n) is 4.85. The highest BCUT2D eigenvalue weighted by molar-refractivity contribution is 5.86. The van der Waals surface area contributed by atoms with Crippen molar-refractivity contribution in [2.75, 3.05) is 38.2 Å². The van der Waals surface area contributed by atoms with Gasteiger partial charge in [-0.2, -0.15) is 0 Å². The molecule has 0 amide bonds. The summed E-state index contributed by atoms with van der Waals surface area (Å²) in [5.74, 6) is 1.83. The minimum absolute atomic E-state index is 0.252. The van der Waals surface area contributed by atoms with Crippen molar-refractivity contribution in [1.29, 1.82) is 0 Å². The van der Waals surface area contributed by atoms with E-state index in [0.29, 0.717) is 11.8 Å². The van der Waals surface area contributed by atoms with Gasteiger partial charge < -0.3 is 15.0 Å². The van der Waals surface area contributed by atoms with E-state index in [2.05, 4.69) is 25.2 Å². The molecule has 1 N–H and O–H groups in total. The number of aromatic nitrogens is 2. The summed E-state index contributed by atoms with van der Waals surface area (Å²) >= 11 is 0. The largest absolute Gasteiger partial charge is 0.464 e. The molecule has 0 spiro atoms. The molecular formula is C12H16N4O2. The Morgan fingerprint density at radius 2 is 2.06 bits per heavy atom. The van der Waals surface area contributed by atoms with E-state index >= 15 is 0 Å². The van der Waals surface area contributed by atoms with Gasteiger partial charge in [-0.05, 0) is 24.0 Å². The first-order chi connectivity index (χ1) is 8.78. The maximum atomic E-state index is 11.3. The number of nitrogens with one attached hydrogen (secondary N) is 1. The lowest BCUT2D eigenvalue weighted by Crippen LogP contribution is -2.26. The summed E-state index contributed by atoms with van der Waals surface area (Å²) in [6.45, 7) is 4.22. The van der Waals surface area contributed by atoms with Gasteiger partial charge in [0.25, 0.3) is 0 Å². The Balaban J connectivity index is 1.72. The minimum Gasteiger partial charge on any atom is -0.464 e. The Morgan fingerprint density at radius 1 is 1.33 bits per heavy atom. The number of esters is 1. The maximum absolute atomic E-state index is 11.3. The molecule has 3 rings (SSSR count). The molecule has 6 nitrogen and oxygen atoms in total. The van der Waals surface area contributed by atoms with E-state index in [9.17, 15) is 4.79 Å². The van der Waals surface area contributed by atoms with Gasteiger partial charge in [-0.15, -0.1) is 10.2 Å². The van der Waals surface area contributed by atoms with Crippen LogP contribution >= 0.6 is 0 Å². The van der Waals surface area contributed by atoms with Crippen molar-refractivity contribution >= 4 is 11.8 Å². The molecule has 0 radical (unpaired) electrons. The Morgan fingerprint density at radius 3 is 2.61 bits per heavy atom. The monoisotopic (exact) mass is 248 g/mol. The second-order valence-corrected chi connectivity index (χ2v) is 4.85. The fraction of sp³-hybridized carbons (Fsp3) is 0.583. The first-order valence-electron chi connectivity index (χ1n) is 6.15. The van der Waals surface area contributed by atoms with E-state index in [1.165, 1.54) is 7.11 Å². The Hall–Kier alpha value is -1.69. The lowest BCUT2D eigenvalue weighted by atomic mass is 10.0. The quantitative estimate of drug-likeness (QED) is 0.738. The van der Waals surface area contributed by atoms with Gasteiger partial charge in [-0.25, -0.2) is 4.79 Å². The molecule has 2 aliphatic rings. The maximum Gasteiger partial charge on any atom is 0.358 e. The fourth-order valence-corrected chi connectivity index (χ4v) is 2.75. The molecule has 0 bridgehead atoms. The summed E-state index contributed by atoms with van der Waals surface area (Å²) in [6.07, 6.45) is 0. The summed E-state index contributed by atoms with van der Waals surface area (Å²) in [5, 5.41) is 11.4. The zero-order chi connectivity index (χ0) is 12.5. The van der Waals surface area contributed by atoms with Crippen LogP contribution in [0.25, 0.3) is 0 Å². The van der Waals surface area contributed by atoms with E-state index in [1.807, 2.05) is 6.07 Å². The van der Waals surface area contributed by atoms with Crippen LogP contribution in [0.3, 0.4) is 0 Å². The molecule has 96 valence electrons. The zero-order valence-electron chi connectivity index (χ0n) is 10.3. The van der Waals surface area contributed by atoms with Gasteiger partial charge in [-0.1, -0.05) is 0 Å². The highest BCUT2D eigenvalue weighted by Gasteiger charge is 2.36. The lowest BCUT2D eigenvalue weighted by molar-refractivity contribution is 0.0592. The molecule has 2 aliphatic heterocycles. The number of nitrogens with zero attached hydrogens (tertiary/aromatic N) is 3. The van der Waals surface area contributed by atoms with Crippen molar-refractivity contribution in [3.05, 3.63) is 17.8 Å². The first kappa shape index (κ1) is 11.4. The van der Waals surface area contributed by atoms with Crippen LogP contribution in [0.2, 0.25) is 0 Å². The summed E-state index contributed by atoms with van der Waals surface area (Å²) in [5.41, 5.74) is 0.252. The first-order valence-corrected chi connectivity index (χ1v) is 6.15. The second kappa shape index (κ2) is 4.53. The predicted molar refractivity (Wildman–Crippen MR) is 65.4 cm³/mol. The van der Waals surface area contributed by atoms with E-state index in [4.69, 9.17) is 0 Å². The van der Waals surface area contributed by atoms with Crippen molar-refractivity contribution in [2.24, 2.45) is 11.8 Å². The third-order valence-electron chi connectivity index (χ3n) is 3.76. The molecule has 2 atom stereocenters. The van der Waals surface area contributed by atoms with Crippen LogP contribution in [0.5, 0.6) is 0 Å². The molecule has 18 heavy (non-hydrogen) atoms. The van der Waals surface area contributed by atoms with Gasteiger partial charge in [0, 0.05) is 26.2 Å². The van der Waals surface area contributed by atoms with Gasteiger partial charge in [0.2, 0.25) is 0 Å². The van der Waals surface area contributed by atoms with Crippen molar-refractivity contribution in [1.82, 2.24) is 15.5 Å². The Labute approximate surface area is 105 Å². The van der Waals surface area contributed by atoms with Gasteiger partial charge in [0.15, 0.2) is 11.5 Å². The zero-order valence-corrected chi connectivity index (χ0v) is 10.3. The number of rotatable bonds is 2. The molecule has 1 aromatic rings. The molecule has 2 fully saturated rings. The van der Waals surface area contributed by atoms with Crippen LogP contribution in [0, 0.1) is 11.8 Å². The summed E-state index contributed by atoms with van der Waals surface area (Å²) in [4.78, 5) is 13.5. The average Bonchev–Trinajstić information content (AvgIpc) is 2.99. The number of fused-ring (bicyclic) bond motifs is 1. The van der Waals surface area contributed by atoms with E-state index in [-0.39, 0.29) is 5.69 Å². The molecule has 3 heterocycles. The number of methoxy groups -OCH3 is 1. The third-order valence-corrected chi connectivity index (χ3v) is 3.76. The van der Waals surface area contributed by atoms with E-state index in [0.717, 1.165) is 32.0 Å².